The van der Waals surface area contributed by atoms with Crippen molar-refractivity contribution in [2.24, 2.45) is 0 Å². The molecule has 0 aromatic carbocycles. The highest BCUT2D eigenvalue weighted by Gasteiger charge is 2.13. The first kappa shape index (κ1) is 25.4. The predicted molar refractivity (Wildman–Crippen MR) is 112 cm³/mol. The molecule has 1 unspecified atom stereocenters. The van der Waals surface area contributed by atoms with Crippen LogP contribution in [0.15, 0.2) is 0 Å². The third-order valence-corrected chi connectivity index (χ3v) is 4.99. The minimum atomic E-state index is -0.838. The number of hydrogen-bond acceptors (Lipinski definition) is 3. The van der Waals surface area contributed by atoms with Crippen LogP contribution < -0.4 is 5.32 Å². The van der Waals surface area contributed by atoms with Gasteiger partial charge in [0.2, 0.25) is 5.91 Å². The quantitative estimate of drug-likeness (QED) is 0.318. The van der Waals surface area contributed by atoms with Gasteiger partial charge in [0.15, 0.2) is 0 Å². The van der Waals surface area contributed by atoms with Crippen LogP contribution in [0.25, 0.3) is 0 Å². The number of amides is 1. The van der Waals surface area contributed by atoms with Crippen LogP contribution in [0.5, 0.6) is 0 Å². The molecule has 0 aliphatic rings. The van der Waals surface area contributed by atoms with Crippen LogP contribution >= 0.6 is 0 Å². The number of hydrogen-bond donors (Lipinski definition) is 2. The predicted octanol–water partition coefficient (Wildman–Crippen LogP) is 4.90. The number of carbonyl (C=O) groups is 1. The van der Waals surface area contributed by atoms with Crippen LogP contribution in [0.1, 0.15) is 103 Å². The molecule has 26 heavy (non-hydrogen) atoms. The molecule has 156 valence electrons. The Morgan fingerprint density at radius 1 is 0.808 bits per heavy atom. The van der Waals surface area contributed by atoms with Crippen LogP contribution in [0.3, 0.4) is 0 Å². The number of unbranched alkanes of at least 4 members (excludes halogenated alkanes) is 13. The number of aliphatic hydroxyl groups excluding tert-OH is 1. The molecule has 2 N–H and O–H groups in total. The van der Waals surface area contributed by atoms with Gasteiger partial charge in [0.25, 0.3) is 0 Å². The second kappa shape index (κ2) is 19.2. The van der Waals surface area contributed by atoms with Crippen molar-refractivity contribution < 1.29 is 9.90 Å². The second-order valence-corrected chi connectivity index (χ2v) is 7.99. The van der Waals surface area contributed by atoms with E-state index in [1.807, 2.05) is 19.0 Å². The van der Waals surface area contributed by atoms with Gasteiger partial charge in [-0.3, -0.25) is 4.79 Å². The highest BCUT2D eigenvalue weighted by atomic mass is 16.3. The van der Waals surface area contributed by atoms with Crippen molar-refractivity contribution in [2.75, 3.05) is 27.2 Å². The number of carbonyl (C=O) groups excluding carboxylic acids is 1. The molecule has 0 bridgehead atoms. The maximum absolute atomic E-state index is 11.7. The summed E-state index contributed by atoms with van der Waals surface area (Å²) in [6.07, 6.45) is 18.3. The summed E-state index contributed by atoms with van der Waals surface area (Å²) < 4.78 is 0. The lowest BCUT2D eigenvalue weighted by Gasteiger charge is -2.13. The van der Waals surface area contributed by atoms with Gasteiger partial charge in [0.1, 0.15) is 6.10 Å². The first-order valence-electron chi connectivity index (χ1n) is 11.2. The fraction of sp³-hybridized carbons (Fsp3) is 0.955. The lowest BCUT2D eigenvalue weighted by Crippen LogP contribution is -2.38. The van der Waals surface area contributed by atoms with Crippen molar-refractivity contribution in [1.82, 2.24) is 10.2 Å². The number of nitrogens with zero attached hydrogens (tertiary/aromatic N) is 1. The molecule has 1 atom stereocenters. The number of rotatable bonds is 19. The molecule has 0 spiro atoms. The van der Waals surface area contributed by atoms with Gasteiger partial charge >= 0.3 is 0 Å². The van der Waals surface area contributed by atoms with Crippen molar-refractivity contribution in [1.29, 1.82) is 0 Å². The largest absolute Gasteiger partial charge is 0.383 e. The van der Waals surface area contributed by atoms with E-state index >= 15 is 0 Å². The summed E-state index contributed by atoms with van der Waals surface area (Å²) >= 11 is 0. The molecule has 0 aromatic heterocycles. The van der Waals surface area contributed by atoms with Crippen molar-refractivity contribution in [3.8, 4) is 0 Å². The molecule has 1 amide bonds. The first-order chi connectivity index (χ1) is 12.6. The average molecular weight is 371 g/mol. The van der Waals surface area contributed by atoms with Crippen LogP contribution in [-0.4, -0.2) is 49.2 Å². The Kier molecular flexibility index (Phi) is 18.7. The van der Waals surface area contributed by atoms with Crippen molar-refractivity contribution in [2.45, 2.75) is 109 Å². The Labute approximate surface area is 163 Å². The zero-order chi connectivity index (χ0) is 19.5. The zero-order valence-electron chi connectivity index (χ0n) is 17.9. The molecule has 4 nitrogen and oxygen atoms in total. The van der Waals surface area contributed by atoms with Gasteiger partial charge in [0, 0.05) is 13.1 Å². The van der Waals surface area contributed by atoms with E-state index in [0.29, 0.717) is 13.0 Å². The molecule has 0 aromatic rings. The zero-order valence-corrected chi connectivity index (χ0v) is 17.9. The summed E-state index contributed by atoms with van der Waals surface area (Å²) in [6, 6.07) is 0. The smallest absolute Gasteiger partial charge is 0.248 e. The van der Waals surface area contributed by atoms with Gasteiger partial charge < -0.3 is 15.3 Å². The number of nitrogens with one attached hydrogen (secondary N) is 1. The Bertz CT molecular complexity index is 309. The summed E-state index contributed by atoms with van der Waals surface area (Å²) in [5.41, 5.74) is 0. The topological polar surface area (TPSA) is 52.6 Å². The SMILES string of the molecule is CCCCCCCCCCCCCCCCC(O)C(=O)NCCN(C)C. The van der Waals surface area contributed by atoms with Crippen molar-refractivity contribution in [3.05, 3.63) is 0 Å². The molecule has 0 saturated heterocycles. The number of aliphatic hydroxyl groups is 1. The van der Waals surface area contributed by atoms with Gasteiger partial charge in [-0.25, -0.2) is 0 Å². The molecule has 0 aliphatic carbocycles. The average Bonchev–Trinajstić information content (AvgIpc) is 2.61. The maximum atomic E-state index is 11.7. The second-order valence-electron chi connectivity index (χ2n) is 7.99. The summed E-state index contributed by atoms with van der Waals surface area (Å²) in [5, 5.41) is 12.6. The van der Waals surface area contributed by atoms with E-state index in [1.165, 1.54) is 77.0 Å². The monoisotopic (exact) mass is 370 g/mol. The Hall–Kier alpha value is -0.610. The lowest BCUT2D eigenvalue weighted by molar-refractivity contribution is -0.129. The normalized spacial score (nSPS) is 12.5. The highest BCUT2D eigenvalue weighted by molar-refractivity contribution is 5.80. The van der Waals surface area contributed by atoms with E-state index in [2.05, 4.69) is 12.2 Å². The fourth-order valence-electron chi connectivity index (χ4n) is 3.18. The molecule has 0 saturated carbocycles. The Balaban J connectivity index is 3.26. The van der Waals surface area contributed by atoms with Crippen LogP contribution in [0.2, 0.25) is 0 Å². The van der Waals surface area contributed by atoms with E-state index in [-0.39, 0.29) is 5.91 Å². The summed E-state index contributed by atoms with van der Waals surface area (Å²) in [7, 11) is 3.94. The van der Waals surface area contributed by atoms with E-state index in [1.54, 1.807) is 0 Å². The summed E-state index contributed by atoms with van der Waals surface area (Å²) in [6.45, 7) is 3.67. The minimum absolute atomic E-state index is 0.221. The van der Waals surface area contributed by atoms with Crippen LogP contribution in [-0.2, 0) is 4.79 Å². The van der Waals surface area contributed by atoms with E-state index < -0.39 is 6.10 Å². The van der Waals surface area contributed by atoms with Gasteiger partial charge in [-0.05, 0) is 20.5 Å². The Morgan fingerprint density at radius 3 is 1.65 bits per heavy atom. The molecule has 0 aliphatic heterocycles. The van der Waals surface area contributed by atoms with E-state index in [9.17, 15) is 9.90 Å². The minimum Gasteiger partial charge on any atom is -0.383 e. The fourth-order valence-corrected chi connectivity index (χ4v) is 3.18. The molecular weight excluding hydrogens is 324 g/mol. The molecule has 4 heteroatoms. The lowest BCUT2D eigenvalue weighted by atomic mass is 10.0. The third-order valence-electron chi connectivity index (χ3n) is 4.99. The summed E-state index contributed by atoms with van der Waals surface area (Å²) in [4.78, 5) is 13.7. The van der Waals surface area contributed by atoms with E-state index in [0.717, 1.165) is 19.4 Å². The molecule has 0 radical (unpaired) electrons. The molecular formula is C22H46N2O2. The van der Waals surface area contributed by atoms with Gasteiger partial charge in [-0.2, -0.15) is 0 Å². The standard InChI is InChI=1S/C22H46N2O2/c1-4-5-6-7-8-9-10-11-12-13-14-15-16-17-18-21(25)22(26)23-19-20-24(2)3/h21,25H,4-20H2,1-3H3,(H,23,26). The maximum Gasteiger partial charge on any atom is 0.248 e. The molecule has 0 fully saturated rings. The number of likely N-dealkylation sites (N-methyl/N-ethyl adjacent to an activating group) is 1. The van der Waals surface area contributed by atoms with Crippen molar-refractivity contribution >= 4 is 5.91 Å². The first-order valence-corrected chi connectivity index (χ1v) is 11.2. The van der Waals surface area contributed by atoms with E-state index in [4.69, 9.17) is 0 Å². The molecule has 0 heterocycles. The van der Waals surface area contributed by atoms with Crippen LogP contribution in [0.4, 0.5) is 0 Å². The highest BCUT2D eigenvalue weighted by Crippen LogP contribution is 2.13. The Morgan fingerprint density at radius 2 is 1.23 bits per heavy atom. The summed E-state index contributed by atoms with van der Waals surface area (Å²) in [5.74, 6) is -0.221. The molecule has 0 rings (SSSR count). The van der Waals surface area contributed by atoms with Crippen LogP contribution in [0, 0.1) is 0 Å². The van der Waals surface area contributed by atoms with Gasteiger partial charge in [-0.15, -0.1) is 0 Å². The third kappa shape index (κ3) is 18.2. The van der Waals surface area contributed by atoms with Gasteiger partial charge in [0.05, 0.1) is 0 Å². The van der Waals surface area contributed by atoms with Crippen molar-refractivity contribution in [3.63, 3.8) is 0 Å². The van der Waals surface area contributed by atoms with Gasteiger partial charge in [-0.1, -0.05) is 96.8 Å².